The van der Waals surface area contributed by atoms with Crippen LogP contribution in [-0.4, -0.2) is 21.8 Å². The maximum atomic E-state index is 14.8. The number of hydrogen-bond acceptors (Lipinski definition) is 5. The normalized spacial score (nSPS) is 16.6. The molecule has 6 nitrogen and oxygen atoms in total. The van der Waals surface area contributed by atoms with E-state index < -0.39 is 40.8 Å². The summed E-state index contributed by atoms with van der Waals surface area (Å²) in [5.41, 5.74) is 1.42. The van der Waals surface area contributed by atoms with Crippen molar-refractivity contribution in [3.63, 3.8) is 0 Å². The van der Waals surface area contributed by atoms with Crippen LogP contribution in [0.1, 0.15) is 28.4 Å². The van der Waals surface area contributed by atoms with Crippen LogP contribution in [0.25, 0.3) is 5.76 Å². The number of hydrogen-bond donors (Lipinski definition) is 1. The van der Waals surface area contributed by atoms with Gasteiger partial charge in [0.25, 0.3) is 11.7 Å². The van der Waals surface area contributed by atoms with E-state index in [1.54, 1.807) is 43.3 Å². The second-order valence-electron chi connectivity index (χ2n) is 8.77. The number of aliphatic hydroxyl groups is 1. The molecule has 0 saturated carbocycles. The molecule has 1 aromatic heterocycles. The summed E-state index contributed by atoms with van der Waals surface area (Å²) in [6, 6.07) is 20.6. The molecule has 0 spiro atoms. The van der Waals surface area contributed by atoms with Gasteiger partial charge in [0.05, 0.1) is 17.0 Å². The van der Waals surface area contributed by atoms with Crippen LogP contribution in [0.4, 0.5) is 14.5 Å². The highest BCUT2D eigenvalue weighted by Crippen LogP contribution is 2.42. The topological polar surface area (TPSA) is 79.7 Å². The van der Waals surface area contributed by atoms with Crippen molar-refractivity contribution >= 4 is 23.1 Å². The largest absolute Gasteiger partial charge is 0.507 e. The number of halogens is 2. The van der Waals surface area contributed by atoms with Crippen LogP contribution in [0.5, 0.6) is 5.75 Å². The molecule has 0 bridgehead atoms. The predicted octanol–water partition coefficient (Wildman–Crippen LogP) is 5.87. The van der Waals surface area contributed by atoms with Crippen molar-refractivity contribution in [3.05, 3.63) is 131 Å². The van der Waals surface area contributed by atoms with Gasteiger partial charge in [0, 0.05) is 17.8 Å². The van der Waals surface area contributed by atoms with E-state index in [9.17, 15) is 23.5 Å². The molecular weight excluding hydrogens is 490 g/mol. The Hall–Kier alpha value is -4.85. The molecule has 1 amide bonds. The summed E-state index contributed by atoms with van der Waals surface area (Å²) >= 11 is 0. The lowest BCUT2D eigenvalue weighted by Gasteiger charge is -2.25. The number of aliphatic hydroxyl groups excluding tert-OH is 1. The number of carbonyl (C=O) groups excluding carboxylic acids is 2. The molecule has 1 atom stereocenters. The van der Waals surface area contributed by atoms with E-state index in [0.29, 0.717) is 17.9 Å². The van der Waals surface area contributed by atoms with E-state index in [2.05, 4.69) is 4.98 Å². The fraction of sp³-hybridized carbons (Fsp3) is 0.100. The monoisotopic (exact) mass is 512 g/mol. The number of amides is 1. The Morgan fingerprint density at radius 1 is 0.974 bits per heavy atom. The van der Waals surface area contributed by atoms with Gasteiger partial charge in [-0.15, -0.1) is 0 Å². The summed E-state index contributed by atoms with van der Waals surface area (Å²) in [5, 5.41) is 11.3. The van der Waals surface area contributed by atoms with Gasteiger partial charge in [0.2, 0.25) is 0 Å². The van der Waals surface area contributed by atoms with Crippen LogP contribution in [-0.2, 0) is 16.2 Å². The minimum absolute atomic E-state index is 0.205. The lowest BCUT2D eigenvalue weighted by atomic mass is 9.97. The van der Waals surface area contributed by atoms with Gasteiger partial charge >= 0.3 is 0 Å². The van der Waals surface area contributed by atoms with Gasteiger partial charge in [-0.3, -0.25) is 19.5 Å². The Balaban J connectivity index is 1.57. The lowest BCUT2D eigenvalue weighted by Crippen LogP contribution is -2.30. The molecule has 1 fully saturated rings. The Labute approximate surface area is 217 Å². The fourth-order valence-electron chi connectivity index (χ4n) is 4.42. The second-order valence-corrected chi connectivity index (χ2v) is 8.77. The Morgan fingerprint density at radius 2 is 1.74 bits per heavy atom. The third kappa shape index (κ3) is 4.64. The van der Waals surface area contributed by atoms with Gasteiger partial charge in [-0.2, -0.15) is 0 Å². The molecule has 1 aliphatic heterocycles. The van der Waals surface area contributed by atoms with Crippen molar-refractivity contribution in [3.8, 4) is 5.75 Å². The molecule has 2 heterocycles. The molecule has 0 radical (unpaired) electrons. The van der Waals surface area contributed by atoms with Crippen molar-refractivity contribution in [2.45, 2.75) is 19.6 Å². The minimum Gasteiger partial charge on any atom is -0.507 e. The number of aryl methyl sites for hydroxylation is 1. The van der Waals surface area contributed by atoms with E-state index in [1.165, 1.54) is 6.20 Å². The number of pyridine rings is 1. The highest BCUT2D eigenvalue weighted by molar-refractivity contribution is 6.51. The lowest BCUT2D eigenvalue weighted by molar-refractivity contribution is -0.132. The highest BCUT2D eigenvalue weighted by atomic mass is 19.1. The molecule has 1 N–H and O–H groups in total. The first-order chi connectivity index (χ1) is 18.3. The van der Waals surface area contributed by atoms with Gasteiger partial charge in [-0.25, -0.2) is 8.78 Å². The van der Waals surface area contributed by atoms with Gasteiger partial charge in [-0.05, 0) is 60.5 Å². The van der Waals surface area contributed by atoms with Gasteiger partial charge in [0.15, 0.2) is 0 Å². The molecule has 38 heavy (non-hydrogen) atoms. The number of Topliss-reactive ketones (excluding diaryl/α,β-unsaturated/α-hetero) is 1. The quantitative estimate of drug-likeness (QED) is 0.199. The molecule has 3 aromatic carbocycles. The van der Waals surface area contributed by atoms with Crippen molar-refractivity contribution in [2.75, 3.05) is 4.90 Å². The molecule has 1 saturated heterocycles. The first kappa shape index (κ1) is 24.8. The SMILES string of the molecule is Cc1cc(/C(O)=C2\C(=O)C(=O)N(c3cc(F)ccc3F)C2c2ccccn2)ccc1OCc1ccccc1. The number of anilines is 1. The van der Waals surface area contributed by atoms with E-state index in [0.717, 1.165) is 28.7 Å². The number of ether oxygens (including phenoxy) is 1. The first-order valence-electron chi connectivity index (χ1n) is 11.8. The second kappa shape index (κ2) is 10.3. The molecule has 8 heteroatoms. The van der Waals surface area contributed by atoms with Crippen LogP contribution in [0.3, 0.4) is 0 Å². The van der Waals surface area contributed by atoms with E-state index >= 15 is 0 Å². The van der Waals surface area contributed by atoms with Crippen LogP contribution >= 0.6 is 0 Å². The molecule has 1 aliphatic rings. The Bertz CT molecular complexity index is 1560. The van der Waals surface area contributed by atoms with Crippen LogP contribution < -0.4 is 9.64 Å². The third-order valence-electron chi connectivity index (χ3n) is 6.27. The summed E-state index contributed by atoms with van der Waals surface area (Å²) in [6.45, 7) is 2.13. The van der Waals surface area contributed by atoms with Gasteiger partial charge in [0.1, 0.15) is 35.8 Å². The smallest absolute Gasteiger partial charge is 0.300 e. The van der Waals surface area contributed by atoms with Crippen LogP contribution in [0.2, 0.25) is 0 Å². The van der Waals surface area contributed by atoms with Crippen molar-refractivity contribution in [1.82, 2.24) is 4.98 Å². The molecule has 0 aliphatic carbocycles. The summed E-state index contributed by atoms with van der Waals surface area (Å²) in [7, 11) is 0. The Morgan fingerprint density at radius 3 is 2.45 bits per heavy atom. The van der Waals surface area contributed by atoms with Crippen LogP contribution in [0, 0.1) is 18.6 Å². The summed E-state index contributed by atoms with van der Waals surface area (Å²) in [5.74, 6) is -3.71. The summed E-state index contributed by atoms with van der Waals surface area (Å²) < 4.78 is 34.7. The average molecular weight is 513 g/mol. The average Bonchev–Trinajstić information content (AvgIpc) is 3.20. The van der Waals surface area contributed by atoms with Gasteiger partial charge in [-0.1, -0.05) is 36.4 Å². The molecule has 5 rings (SSSR count). The fourth-order valence-corrected chi connectivity index (χ4v) is 4.42. The number of rotatable bonds is 6. The Kier molecular flexibility index (Phi) is 6.70. The molecule has 1 unspecified atom stereocenters. The van der Waals surface area contributed by atoms with Crippen LogP contribution in [0.15, 0.2) is 96.7 Å². The molecular formula is C30H22F2N2O4. The zero-order valence-corrected chi connectivity index (χ0v) is 20.3. The third-order valence-corrected chi connectivity index (χ3v) is 6.27. The maximum Gasteiger partial charge on any atom is 0.300 e. The van der Waals surface area contributed by atoms with E-state index in [-0.39, 0.29) is 16.8 Å². The van der Waals surface area contributed by atoms with Crippen molar-refractivity contribution in [2.24, 2.45) is 0 Å². The number of nitrogens with zero attached hydrogens (tertiary/aromatic N) is 2. The zero-order chi connectivity index (χ0) is 26.8. The predicted molar refractivity (Wildman–Crippen MR) is 137 cm³/mol. The zero-order valence-electron chi connectivity index (χ0n) is 20.3. The summed E-state index contributed by atoms with van der Waals surface area (Å²) in [6.07, 6.45) is 1.44. The number of benzene rings is 3. The molecule has 190 valence electrons. The first-order valence-corrected chi connectivity index (χ1v) is 11.8. The molecule has 4 aromatic rings. The number of aromatic nitrogens is 1. The van der Waals surface area contributed by atoms with Crippen molar-refractivity contribution in [1.29, 1.82) is 0 Å². The summed E-state index contributed by atoms with van der Waals surface area (Å²) in [4.78, 5) is 31.4. The standard InChI is InChI=1S/C30H22F2N2O4/c1-18-15-20(10-13-25(18)38-17-19-7-3-2-4-8-19)28(35)26-27(23-9-5-6-14-33-23)34(30(37)29(26)36)24-16-21(31)11-12-22(24)32/h2-16,27,35H,17H2,1H3/b28-26+. The number of carbonyl (C=O) groups is 2. The van der Waals surface area contributed by atoms with E-state index in [1.807, 2.05) is 30.3 Å². The van der Waals surface area contributed by atoms with Crippen molar-refractivity contribution < 1.29 is 28.2 Å². The minimum atomic E-state index is -1.28. The van der Waals surface area contributed by atoms with E-state index in [4.69, 9.17) is 4.74 Å². The highest BCUT2D eigenvalue weighted by Gasteiger charge is 2.48. The maximum absolute atomic E-state index is 14.8. The van der Waals surface area contributed by atoms with Gasteiger partial charge < -0.3 is 9.84 Å². The number of ketones is 1.